The predicted molar refractivity (Wildman–Crippen MR) is 126 cm³/mol. The molecule has 2 saturated carbocycles. The van der Waals surface area contributed by atoms with Crippen molar-refractivity contribution in [1.82, 2.24) is 0 Å². The van der Waals surface area contributed by atoms with Crippen LogP contribution in [0.25, 0.3) is 0 Å². The van der Waals surface area contributed by atoms with Gasteiger partial charge in [0.1, 0.15) is 11.2 Å². The van der Waals surface area contributed by atoms with Gasteiger partial charge in [-0.25, -0.2) is 0 Å². The van der Waals surface area contributed by atoms with Crippen LogP contribution >= 0.6 is 0 Å². The van der Waals surface area contributed by atoms with Gasteiger partial charge in [-0.05, 0) is 89.9 Å². The summed E-state index contributed by atoms with van der Waals surface area (Å²) in [6.07, 6.45) is 10.3. The Balaban J connectivity index is 2.11. The zero-order chi connectivity index (χ0) is 23.4. The van der Waals surface area contributed by atoms with Gasteiger partial charge in [0.25, 0.3) is 0 Å². The number of hydrogen-bond acceptors (Lipinski definition) is 4. The summed E-state index contributed by atoms with van der Waals surface area (Å²) in [5.41, 5.74) is -1.30. The highest BCUT2D eigenvalue weighted by molar-refractivity contribution is 5.77. The van der Waals surface area contributed by atoms with Crippen LogP contribution in [0.2, 0.25) is 0 Å². The highest BCUT2D eigenvalue weighted by Crippen LogP contribution is 2.50. The molecule has 180 valence electrons. The Bertz CT molecular complexity index is 613. The van der Waals surface area contributed by atoms with E-state index in [9.17, 15) is 9.59 Å². The van der Waals surface area contributed by atoms with E-state index in [0.717, 1.165) is 38.5 Å². The van der Waals surface area contributed by atoms with Gasteiger partial charge in [0.05, 0.1) is 11.3 Å². The zero-order valence-corrected chi connectivity index (χ0v) is 21.5. The second kappa shape index (κ2) is 10.3. The average molecular weight is 437 g/mol. The molecule has 2 aliphatic rings. The normalized spacial score (nSPS) is 24.9. The number of rotatable bonds is 10. The molecule has 0 spiro atoms. The molecule has 0 saturated heterocycles. The first-order valence-electron chi connectivity index (χ1n) is 12.9. The number of carbonyl (C=O) groups is 2. The minimum absolute atomic E-state index is 0.0360. The van der Waals surface area contributed by atoms with E-state index < -0.39 is 11.0 Å². The van der Waals surface area contributed by atoms with E-state index in [-0.39, 0.29) is 35.3 Å². The van der Waals surface area contributed by atoms with E-state index >= 15 is 0 Å². The molecule has 0 aromatic carbocycles. The number of esters is 2. The summed E-state index contributed by atoms with van der Waals surface area (Å²) in [5, 5.41) is 0. The second-order valence-corrected chi connectivity index (χ2v) is 11.3. The Hall–Kier alpha value is -1.06. The van der Waals surface area contributed by atoms with E-state index in [2.05, 4.69) is 41.5 Å². The van der Waals surface area contributed by atoms with Crippen molar-refractivity contribution in [3.05, 3.63) is 0 Å². The zero-order valence-electron chi connectivity index (χ0n) is 21.5. The lowest BCUT2D eigenvalue weighted by atomic mass is 9.75. The van der Waals surface area contributed by atoms with Gasteiger partial charge in [-0.15, -0.1) is 0 Å². The Kier molecular flexibility index (Phi) is 8.66. The van der Waals surface area contributed by atoms with Crippen molar-refractivity contribution in [1.29, 1.82) is 0 Å². The summed E-state index contributed by atoms with van der Waals surface area (Å²) in [5.74, 6) is 0.751. The fourth-order valence-corrected chi connectivity index (χ4v) is 5.97. The predicted octanol–water partition coefficient (Wildman–Crippen LogP) is 7.09. The van der Waals surface area contributed by atoms with Crippen molar-refractivity contribution in [2.45, 2.75) is 131 Å². The molecule has 0 radical (unpaired) electrons. The average Bonchev–Trinajstić information content (AvgIpc) is 3.44. The number of carbonyl (C=O) groups excluding carboxylic acids is 2. The first-order chi connectivity index (χ1) is 14.5. The van der Waals surface area contributed by atoms with E-state index in [1.807, 2.05) is 13.8 Å². The maximum atomic E-state index is 13.5. The fourth-order valence-electron chi connectivity index (χ4n) is 5.97. The third-order valence-corrected chi connectivity index (χ3v) is 8.94. The second-order valence-electron chi connectivity index (χ2n) is 11.3. The molecule has 0 N–H and O–H groups in total. The van der Waals surface area contributed by atoms with Crippen LogP contribution in [0.15, 0.2) is 0 Å². The lowest BCUT2D eigenvalue weighted by molar-refractivity contribution is -0.182. The van der Waals surface area contributed by atoms with Crippen LogP contribution in [0.3, 0.4) is 0 Å². The highest BCUT2D eigenvalue weighted by atomic mass is 16.6. The molecule has 4 nitrogen and oxygen atoms in total. The van der Waals surface area contributed by atoms with Gasteiger partial charge in [0.15, 0.2) is 0 Å². The van der Waals surface area contributed by atoms with Crippen molar-refractivity contribution < 1.29 is 19.1 Å². The monoisotopic (exact) mass is 436 g/mol. The fraction of sp³-hybridized carbons (Fsp3) is 0.926. The maximum absolute atomic E-state index is 13.5. The van der Waals surface area contributed by atoms with Crippen LogP contribution in [-0.4, -0.2) is 23.1 Å². The third-order valence-electron chi connectivity index (χ3n) is 8.94. The first-order valence-corrected chi connectivity index (χ1v) is 12.9. The summed E-state index contributed by atoms with van der Waals surface area (Å²) >= 11 is 0. The topological polar surface area (TPSA) is 52.6 Å². The number of hydrogen-bond donors (Lipinski definition) is 0. The minimum atomic E-state index is -0.528. The molecule has 0 bridgehead atoms. The lowest BCUT2D eigenvalue weighted by Gasteiger charge is -2.41. The van der Waals surface area contributed by atoms with Crippen molar-refractivity contribution >= 4 is 11.9 Å². The van der Waals surface area contributed by atoms with Crippen molar-refractivity contribution in [3.63, 3.8) is 0 Å². The summed E-state index contributed by atoms with van der Waals surface area (Å²) < 4.78 is 12.4. The molecule has 2 fully saturated rings. The van der Waals surface area contributed by atoms with Gasteiger partial charge in [-0.3, -0.25) is 9.59 Å². The Morgan fingerprint density at radius 3 is 1.84 bits per heavy atom. The van der Waals surface area contributed by atoms with Gasteiger partial charge in [-0.2, -0.15) is 0 Å². The molecule has 2 rings (SSSR count). The summed E-state index contributed by atoms with van der Waals surface area (Å²) in [6, 6.07) is 0. The molecule has 0 amide bonds. The minimum Gasteiger partial charge on any atom is -0.459 e. The molecule has 2 aliphatic carbocycles. The van der Waals surface area contributed by atoms with Gasteiger partial charge < -0.3 is 9.47 Å². The molecule has 4 heteroatoms. The number of ether oxygens (including phenoxy) is 2. The Labute approximate surface area is 191 Å². The summed E-state index contributed by atoms with van der Waals surface area (Å²) in [4.78, 5) is 25.8. The van der Waals surface area contributed by atoms with Crippen LogP contribution in [0, 0.1) is 29.1 Å². The van der Waals surface area contributed by atoms with E-state index in [4.69, 9.17) is 9.47 Å². The van der Waals surface area contributed by atoms with Gasteiger partial charge >= 0.3 is 11.9 Å². The van der Waals surface area contributed by atoms with Gasteiger partial charge in [0.2, 0.25) is 0 Å². The molecule has 0 aromatic rings. The molecular weight excluding hydrogens is 388 g/mol. The van der Waals surface area contributed by atoms with E-state index in [1.165, 1.54) is 25.7 Å². The molecular formula is C27H48O4. The van der Waals surface area contributed by atoms with Crippen molar-refractivity contribution in [3.8, 4) is 0 Å². The molecule has 0 aromatic heterocycles. The first kappa shape index (κ1) is 26.2. The molecule has 3 atom stereocenters. The molecule has 3 unspecified atom stereocenters. The summed E-state index contributed by atoms with van der Waals surface area (Å²) in [6.45, 7) is 16.4. The largest absolute Gasteiger partial charge is 0.459 e. The molecule has 0 aliphatic heterocycles. The van der Waals surface area contributed by atoms with Crippen LogP contribution < -0.4 is 0 Å². The van der Waals surface area contributed by atoms with Gasteiger partial charge in [-0.1, -0.05) is 47.5 Å². The summed E-state index contributed by atoms with van der Waals surface area (Å²) in [7, 11) is 0. The van der Waals surface area contributed by atoms with Crippen molar-refractivity contribution in [2.24, 2.45) is 29.1 Å². The Morgan fingerprint density at radius 2 is 1.35 bits per heavy atom. The quantitative estimate of drug-likeness (QED) is 0.343. The van der Waals surface area contributed by atoms with Crippen LogP contribution in [0.1, 0.15) is 120 Å². The van der Waals surface area contributed by atoms with Crippen molar-refractivity contribution in [2.75, 3.05) is 0 Å². The van der Waals surface area contributed by atoms with Crippen LogP contribution in [0.5, 0.6) is 0 Å². The molecule has 0 heterocycles. The van der Waals surface area contributed by atoms with E-state index in [1.54, 1.807) is 0 Å². The lowest BCUT2D eigenvalue weighted by Crippen LogP contribution is -2.46. The van der Waals surface area contributed by atoms with Crippen LogP contribution in [-0.2, 0) is 19.1 Å². The molecule has 31 heavy (non-hydrogen) atoms. The maximum Gasteiger partial charge on any atom is 0.312 e. The Morgan fingerprint density at radius 1 is 0.806 bits per heavy atom. The van der Waals surface area contributed by atoms with Gasteiger partial charge in [0, 0.05) is 0 Å². The van der Waals surface area contributed by atoms with Crippen LogP contribution in [0.4, 0.5) is 0 Å². The standard InChI is InChI=1S/C27H48O4/c1-9-26(8,30-23(28)19(4)5)22-17-16-21(18-22)25(6,7)24(29)31-27(10-2,11-3)20-14-12-13-15-20/h19-22H,9-18H2,1-8H3. The SMILES string of the molecule is CCC(C)(OC(=O)C(C)C)C1CCC(C(C)(C)C(=O)OC(CC)(CC)C2CCCC2)C1. The third kappa shape index (κ3) is 5.47. The van der Waals surface area contributed by atoms with E-state index in [0.29, 0.717) is 5.92 Å². The highest BCUT2D eigenvalue weighted by Gasteiger charge is 2.50. The smallest absolute Gasteiger partial charge is 0.312 e.